The van der Waals surface area contributed by atoms with Gasteiger partial charge in [0.2, 0.25) is 0 Å². The number of fused-ring (bicyclic) bond motifs is 1. The van der Waals surface area contributed by atoms with Crippen molar-refractivity contribution in [1.82, 2.24) is 9.38 Å². The van der Waals surface area contributed by atoms with Crippen molar-refractivity contribution in [1.29, 1.82) is 0 Å². The average molecular weight is 266 g/mol. The van der Waals surface area contributed by atoms with Crippen molar-refractivity contribution in [2.75, 3.05) is 6.61 Å². The predicted octanol–water partition coefficient (Wildman–Crippen LogP) is 3.18. The van der Waals surface area contributed by atoms with E-state index in [1.807, 2.05) is 53.1 Å². The van der Waals surface area contributed by atoms with E-state index in [1.165, 1.54) is 0 Å². The molecule has 20 heavy (non-hydrogen) atoms. The van der Waals surface area contributed by atoms with Gasteiger partial charge in [0.1, 0.15) is 0 Å². The summed E-state index contributed by atoms with van der Waals surface area (Å²) in [5.74, 6) is -0.401. The molecule has 0 atom stereocenters. The zero-order valence-corrected chi connectivity index (χ0v) is 11.1. The quantitative estimate of drug-likeness (QED) is 0.684. The molecule has 2 heterocycles. The zero-order chi connectivity index (χ0) is 13.9. The Hall–Kier alpha value is -2.62. The third-order valence-electron chi connectivity index (χ3n) is 3.09. The summed E-state index contributed by atoms with van der Waals surface area (Å²) in [6, 6.07) is 13.6. The number of aromatic nitrogens is 2. The molecule has 0 bridgehead atoms. The molecule has 4 nitrogen and oxygen atoms in total. The average Bonchev–Trinajstić information content (AvgIpc) is 2.95. The number of nitrogens with zero attached hydrogens (tertiary/aromatic N) is 2. The van der Waals surface area contributed by atoms with E-state index in [4.69, 9.17) is 4.74 Å². The second-order valence-electron chi connectivity index (χ2n) is 4.34. The van der Waals surface area contributed by atoms with Crippen LogP contribution in [0, 0.1) is 0 Å². The fourth-order valence-electron chi connectivity index (χ4n) is 2.23. The van der Waals surface area contributed by atoms with Crippen LogP contribution in [0.15, 0.2) is 54.9 Å². The minimum absolute atomic E-state index is 0.332. The Morgan fingerprint density at radius 2 is 2.00 bits per heavy atom. The van der Waals surface area contributed by atoms with Gasteiger partial charge in [0.15, 0.2) is 5.69 Å². The van der Waals surface area contributed by atoms with Gasteiger partial charge < -0.3 is 9.14 Å². The first kappa shape index (κ1) is 12.4. The Balaban J connectivity index is 2.27. The molecule has 1 aromatic carbocycles. The summed E-state index contributed by atoms with van der Waals surface area (Å²) in [5.41, 5.74) is 2.97. The van der Waals surface area contributed by atoms with Crippen molar-refractivity contribution in [2.24, 2.45) is 0 Å². The number of ether oxygens (including phenoxy) is 1. The van der Waals surface area contributed by atoms with Gasteiger partial charge in [0.05, 0.1) is 24.0 Å². The maximum Gasteiger partial charge on any atom is 0.359 e. The minimum atomic E-state index is -0.401. The number of rotatable bonds is 3. The Labute approximate surface area is 116 Å². The molecule has 100 valence electrons. The van der Waals surface area contributed by atoms with E-state index in [0.717, 1.165) is 16.8 Å². The van der Waals surface area contributed by atoms with E-state index < -0.39 is 5.97 Å². The number of carbonyl (C=O) groups excluding carboxylic acids is 1. The van der Waals surface area contributed by atoms with Crippen LogP contribution in [-0.2, 0) is 4.74 Å². The van der Waals surface area contributed by atoms with Gasteiger partial charge in [-0.05, 0) is 19.1 Å². The van der Waals surface area contributed by atoms with Crippen molar-refractivity contribution in [3.63, 3.8) is 0 Å². The minimum Gasteiger partial charge on any atom is -0.461 e. The fraction of sp³-hybridized carbons (Fsp3) is 0.125. The maximum atomic E-state index is 12.1. The highest BCUT2D eigenvalue weighted by Gasteiger charge is 2.18. The topological polar surface area (TPSA) is 43.6 Å². The summed E-state index contributed by atoms with van der Waals surface area (Å²) >= 11 is 0. The molecule has 0 N–H and O–H groups in total. The third kappa shape index (κ3) is 2.05. The maximum absolute atomic E-state index is 12.1. The van der Waals surface area contributed by atoms with Crippen molar-refractivity contribution in [3.05, 3.63) is 60.6 Å². The van der Waals surface area contributed by atoms with Gasteiger partial charge >= 0.3 is 5.97 Å². The summed E-state index contributed by atoms with van der Waals surface area (Å²) in [5, 5.41) is 0. The summed E-state index contributed by atoms with van der Waals surface area (Å²) < 4.78 is 7.05. The van der Waals surface area contributed by atoms with E-state index in [1.54, 1.807) is 13.1 Å². The normalized spacial score (nSPS) is 10.7. The molecule has 0 unspecified atom stereocenters. The summed E-state index contributed by atoms with van der Waals surface area (Å²) in [6.45, 7) is 2.12. The monoisotopic (exact) mass is 266 g/mol. The van der Waals surface area contributed by atoms with Crippen LogP contribution in [0.4, 0.5) is 0 Å². The van der Waals surface area contributed by atoms with Gasteiger partial charge in [0.25, 0.3) is 0 Å². The molecule has 0 aliphatic heterocycles. The number of hydrogen-bond acceptors (Lipinski definition) is 3. The number of esters is 1. The first-order valence-corrected chi connectivity index (χ1v) is 6.50. The van der Waals surface area contributed by atoms with Gasteiger partial charge in [-0.2, -0.15) is 0 Å². The molecular formula is C16H14N2O2. The molecule has 0 fully saturated rings. The molecule has 3 rings (SSSR count). The molecule has 0 aliphatic rings. The van der Waals surface area contributed by atoms with Crippen molar-refractivity contribution in [2.45, 2.75) is 6.92 Å². The predicted molar refractivity (Wildman–Crippen MR) is 76.6 cm³/mol. The molecule has 0 saturated carbocycles. The smallest absolute Gasteiger partial charge is 0.359 e. The first-order valence-electron chi connectivity index (χ1n) is 6.50. The van der Waals surface area contributed by atoms with Crippen LogP contribution in [0.25, 0.3) is 16.8 Å². The Morgan fingerprint density at radius 1 is 1.20 bits per heavy atom. The van der Waals surface area contributed by atoms with Crippen LogP contribution in [-0.4, -0.2) is 22.0 Å². The third-order valence-corrected chi connectivity index (χ3v) is 3.09. The second kappa shape index (κ2) is 5.17. The lowest BCUT2D eigenvalue weighted by molar-refractivity contribution is 0.0520. The molecule has 0 amide bonds. The van der Waals surface area contributed by atoms with Gasteiger partial charge in [-0.1, -0.05) is 30.3 Å². The van der Waals surface area contributed by atoms with Crippen LogP contribution < -0.4 is 0 Å². The van der Waals surface area contributed by atoms with Crippen LogP contribution in [0.5, 0.6) is 0 Å². The lowest BCUT2D eigenvalue weighted by atomic mass is 10.1. The molecule has 4 heteroatoms. The lowest BCUT2D eigenvalue weighted by Crippen LogP contribution is -2.11. The van der Waals surface area contributed by atoms with E-state index in [2.05, 4.69) is 4.98 Å². The van der Waals surface area contributed by atoms with Gasteiger partial charge in [0, 0.05) is 11.8 Å². The van der Waals surface area contributed by atoms with Gasteiger partial charge in [-0.25, -0.2) is 9.78 Å². The summed E-state index contributed by atoms with van der Waals surface area (Å²) in [6.07, 6.45) is 3.60. The van der Waals surface area contributed by atoms with Crippen molar-refractivity contribution >= 4 is 11.5 Å². The highest BCUT2D eigenvalue weighted by Crippen LogP contribution is 2.24. The highest BCUT2D eigenvalue weighted by molar-refractivity contribution is 5.94. The first-order chi connectivity index (χ1) is 9.81. The molecule has 3 aromatic rings. The lowest BCUT2D eigenvalue weighted by Gasteiger charge is -2.11. The Morgan fingerprint density at radius 3 is 2.75 bits per heavy atom. The van der Waals surface area contributed by atoms with Gasteiger partial charge in [-0.3, -0.25) is 0 Å². The molecule has 2 aromatic heterocycles. The zero-order valence-electron chi connectivity index (χ0n) is 11.1. The van der Waals surface area contributed by atoms with E-state index in [9.17, 15) is 4.79 Å². The number of carbonyl (C=O) groups is 1. The molecule has 0 radical (unpaired) electrons. The van der Waals surface area contributed by atoms with Crippen LogP contribution in [0.3, 0.4) is 0 Å². The molecule has 0 spiro atoms. The SMILES string of the molecule is CCOC(=O)c1ncc2cccn2c1-c1ccccc1. The number of benzene rings is 1. The summed E-state index contributed by atoms with van der Waals surface area (Å²) in [7, 11) is 0. The Bertz CT molecular complexity index is 748. The second-order valence-corrected chi connectivity index (χ2v) is 4.34. The van der Waals surface area contributed by atoms with Crippen LogP contribution >= 0.6 is 0 Å². The molecule has 0 saturated heterocycles. The fourth-order valence-corrected chi connectivity index (χ4v) is 2.23. The number of hydrogen-bond donors (Lipinski definition) is 0. The van der Waals surface area contributed by atoms with E-state index in [0.29, 0.717) is 12.3 Å². The van der Waals surface area contributed by atoms with E-state index >= 15 is 0 Å². The van der Waals surface area contributed by atoms with Crippen LogP contribution in [0.1, 0.15) is 17.4 Å². The van der Waals surface area contributed by atoms with Crippen molar-refractivity contribution < 1.29 is 9.53 Å². The molecular weight excluding hydrogens is 252 g/mol. The largest absolute Gasteiger partial charge is 0.461 e. The van der Waals surface area contributed by atoms with Crippen LogP contribution in [0.2, 0.25) is 0 Å². The standard InChI is InChI=1S/C16H14N2O2/c1-2-20-16(19)14-15(12-7-4-3-5-8-12)18-10-6-9-13(18)11-17-14/h3-11H,2H2,1H3. The summed E-state index contributed by atoms with van der Waals surface area (Å²) in [4.78, 5) is 16.4. The Kier molecular flexibility index (Phi) is 3.21. The molecule has 0 aliphatic carbocycles. The van der Waals surface area contributed by atoms with E-state index in [-0.39, 0.29) is 0 Å². The van der Waals surface area contributed by atoms with Crippen molar-refractivity contribution in [3.8, 4) is 11.3 Å². The highest BCUT2D eigenvalue weighted by atomic mass is 16.5. The van der Waals surface area contributed by atoms with Gasteiger partial charge in [-0.15, -0.1) is 0 Å².